The molecule has 1 nitrogen and oxygen atoms in total. The van der Waals surface area contributed by atoms with Crippen LogP contribution in [0.25, 0.3) is 0 Å². The van der Waals surface area contributed by atoms with Crippen molar-refractivity contribution in [1.82, 2.24) is 5.32 Å². The van der Waals surface area contributed by atoms with Gasteiger partial charge in [0.05, 0.1) is 5.02 Å². The Labute approximate surface area is 107 Å². The van der Waals surface area contributed by atoms with Gasteiger partial charge in [-0.25, -0.2) is 4.39 Å². The van der Waals surface area contributed by atoms with E-state index in [0.717, 1.165) is 18.0 Å². The van der Waals surface area contributed by atoms with Crippen LogP contribution in [0.2, 0.25) is 5.02 Å². The predicted octanol–water partition coefficient (Wildman–Crippen LogP) is 4.15. The van der Waals surface area contributed by atoms with Crippen molar-refractivity contribution in [2.75, 3.05) is 0 Å². The number of halogens is 2. The third-order valence-electron chi connectivity index (χ3n) is 3.59. The molecule has 0 heterocycles. The molecule has 0 saturated heterocycles. The van der Waals surface area contributed by atoms with Gasteiger partial charge in [0.25, 0.3) is 0 Å². The van der Waals surface area contributed by atoms with Crippen molar-refractivity contribution in [2.24, 2.45) is 5.92 Å². The van der Waals surface area contributed by atoms with E-state index in [1.165, 1.54) is 31.7 Å². The van der Waals surface area contributed by atoms with Gasteiger partial charge in [-0.2, -0.15) is 0 Å². The van der Waals surface area contributed by atoms with Gasteiger partial charge < -0.3 is 5.32 Å². The van der Waals surface area contributed by atoms with Crippen molar-refractivity contribution in [3.8, 4) is 0 Å². The zero-order valence-electron chi connectivity index (χ0n) is 10.2. The van der Waals surface area contributed by atoms with Gasteiger partial charge in [-0.1, -0.05) is 24.6 Å². The van der Waals surface area contributed by atoms with E-state index in [1.807, 2.05) is 0 Å². The van der Waals surface area contributed by atoms with Crippen LogP contribution in [0.3, 0.4) is 0 Å². The molecule has 1 fully saturated rings. The largest absolute Gasteiger partial charge is 0.310 e. The van der Waals surface area contributed by atoms with Gasteiger partial charge in [0.2, 0.25) is 0 Å². The molecule has 0 aromatic heterocycles. The summed E-state index contributed by atoms with van der Waals surface area (Å²) in [5.74, 6) is 0.523. The second kappa shape index (κ2) is 5.83. The van der Waals surface area contributed by atoms with Gasteiger partial charge in [0.15, 0.2) is 0 Å². The summed E-state index contributed by atoms with van der Waals surface area (Å²) in [5, 5.41) is 3.73. The standard InChI is InChI=1S/C14H19ClFN/c1-10-2-5-12(6-3-10)17-9-11-4-7-14(16)13(15)8-11/h4,7-8,10,12,17H,2-3,5-6,9H2,1H3. The second-order valence-electron chi connectivity index (χ2n) is 5.09. The van der Waals surface area contributed by atoms with E-state index in [-0.39, 0.29) is 10.8 Å². The van der Waals surface area contributed by atoms with Crippen molar-refractivity contribution in [2.45, 2.75) is 45.2 Å². The summed E-state index contributed by atoms with van der Waals surface area (Å²) in [6.45, 7) is 3.09. The fraction of sp³-hybridized carbons (Fsp3) is 0.571. The van der Waals surface area contributed by atoms with Crippen LogP contribution in [0.4, 0.5) is 4.39 Å². The highest BCUT2D eigenvalue weighted by atomic mass is 35.5. The van der Waals surface area contributed by atoms with Gasteiger partial charge in [-0.05, 0) is 49.3 Å². The van der Waals surface area contributed by atoms with Gasteiger partial charge in [-0.3, -0.25) is 0 Å². The maximum Gasteiger partial charge on any atom is 0.141 e. The number of nitrogens with one attached hydrogen (secondary N) is 1. The molecule has 0 bridgehead atoms. The molecular formula is C14H19ClFN. The Morgan fingerprint density at radius 1 is 1.29 bits per heavy atom. The highest BCUT2D eigenvalue weighted by Crippen LogP contribution is 2.24. The Kier molecular flexibility index (Phi) is 4.41. The normalized spacial score (nSPS) is 24.9. The fourth-order valence-electron chi connectivity index (χ4n) is 2.38. The SMILES string of the molecule is CC1CCC(NCc2ccc(F)c(Cl)c2)CC1. The first-order chi connectivity index (χ1) is 8.15. The molecule has 0 atom stereocenters. The van der Waals surface area contributed by atoms with Crippen molar-refractivity contribution in [1.29, 1.82) is 0 Å². The summed E-state index contributed by atoms with van der Waals surface area (Å²) in [6.07, 6.45) is 5.11. The van der Waals surface area contributed by atoms with Gasteiger partial charge in [-0.15, -0.1) is 0 Å². The molecule has 0 unspecified atom stereocenters. The highest BCUT2D eigenvalue weighted by Gasteiger charge is 2.17. The topological polar surface area (TPSA) is 12.0 Å². The van der Waals surface area contributed by atoms with Crippen LogP contribution >= 0.6 is 11.6 Å². The Morgan fingerprint density at radius 2 is 2.00 bits per heavy atom. The summed E-state index contributed by atoms with van der Waals surface area (Å²) < 4.78 is 13.0. The van der Waals surface area contributed by atoms with Crippen LogP contribution in [-0.2, 0) is 6.54 Å². The molecule has 1 N–H and O–H groups in total. The van der Waals surface area contributed by atoms with E-state index in [0.29, 0.717) is 6.04 Å². The summed E-state index contributed by atoms with van der Waals surface area (Å²) in [5.41, 5.74) is 1.05. The molecule has 1 aliphatic rings. The Hall–Kier alpha value is -0.600. The van der Waals surface area contributed by atoms with Crippen molar-refractivity contribution < 1.29 is 4.39 Å². The minimum absolute atomic E-state index is 0.210. The zero-order chi connectivity index (χ0) is 12.3. The minimum Gasteiger partial charge on any atom is -0.310 e. The molecule has 0 amide bonds. The van der Waals surface area contributed by atoms with Crippen LogP contribution in [0, 0.1) is 11.7 Å². The average Bonchev–Trinajstić information content (AvgIpc) is 2.33. The van der Waals surface area contributed by atoms with Crippen LogP contribution in [0.1, 0.15) is 38.2 Å². The predicted molar refractivity (Wildman–Crippen MR) is 69.7 cm³/mol. The molecule has 17 heavy (non-hydrogen) atoms. The summed E-state index contributed by atoms with van der Waals surface area (Å²) in [4.78, 5) is 0. The summed E-state index contributed by atoms with van der Waals surface area (Å²) >= 11 is 5.75. The number of rotatable bonds is 3. The molecule has 1 aromatic rings. The van der Waals surface area contributed by atoms with E-state index in [2.05, 4.69) is 12.2 Å². The first kappa shape index (κ1) is 12.8. The third-order valence-corrected chi connectivity index (χ3v) is 3.88. The van der Waals surface area contributed by atoms with Crippen molar-refractivity contribution in [3.63, 3.8) is 0 Å². The molecule has 1 saturated carbocycles. The molecular weight excluding hydrogens is 237 g/mol. The van der Waals surface area contributed by atoms with Crippen molar-refractivity contribution >= 4 is 11.6 Å². The molecule has 3 heteroatoms. The summed E-state index contributed by atoms with van der Waals surface area (Å²) in [7, 11) is 0. The minimum atomic E-state index is -0.345. The van der Waals surface area contributed by atoms with Crippen LogP contribution < -0.4 is 5.32 Å². The first-order valence-corrected chi connectivity index (χ1v) is 6.70. The monoisotopic (exact) mass is 255 g/mol. The van der Waals surface area contributed by atoms with E-state index in [1.54, 1.807) is 12.1 Å². The lowest BCUT2D eigenvalue weighted by Crippen LogP contribution is -2.32. The number of benzene rings is 1. The first-order valence-electron chi connectivity index (χ1n) is 6.32. The van der Waals surface area contributed by atoms with Gasteiger partial charge >= 0.3 is 0 Å². The lowest BCUT2D eigenvalue weighted by atomic mass is 9.87. The molecule has 0 radical (unpaired) electrons. The fourth-order valence-corrected chi connectivity index (χ4v) is 2.58. The van der Waals surface area contributed by atoms with E-state index >= 15 is 0 Å². The molecule has 0 spiro atoms. The lowest BCUT2D eigenvalue weighted by molar-refractivity contribution is 0.306. The maximum atomic E-state index is 13.0. The van der Waals surface area contributed by atoms with Gasteiger partial charge in [0.1, 0.15) is 5.82 Å². The Morgan fingerprint density at radius 3 is 2.65 bits per heavy atom. The molecule has 2 rings (SSSR count). The summed E-state index contributed by atoms with van der Waals surface area (Å²) in [6, 6.07) is 5.53. The number of hydrogen-bond donors (Lipinski definition) is 1. The molecule has 1 aliphatic carbocycles. The van der Waals surface area contributed by atoms with E-state index in [9.17, 15) is 4.39 Å². The van der Waals surface area contributed by atoms with Gasteiger partial charge in [0, 0.05) is 12.6 Å². The Balaban J connectivity index is 1.83. The molecule has 0 aliphatic heterocycles. The third kappa shape index (κ3) is 3.68. The smallest absolute Gasteiger partial charge is 0.141 e. The lowest BCUT2D eigenvalue weighted by Gasteiger charge is -2.27. The van der Waals surface area contributed by atoms with Crippen LogP contribution in [0.15, 0.2) is 18.2 Å². The quantitative estimate of drug-likeness (QED) is 0.856. The van der Waals surface area contributed by atoms with Crippen LogP contribution in [-0.4, -0.2) is 6.04 Å². The van der Waals surface area contributed by atoms with Crippen molar-refractivity contribution in [3.05, 3.63) is 34.6 Å². The molecule has 94 valence electrons. The zero-order valence-corrected chi connectivity index (χ0v) is 10.9. The Bertz CT molecular complexity index is 372. The highest BCUT2D eigenvalue weighted by molar-refractivity contribution is 6.30. The maximum absolute atomic E-state index is 13.0. The average molecular weight is 256 g/mol. The number of hydrogen-bond acceptors (Lipinski definition) is 1. The van der Waals surface area contributed by atoms with Crippen LogP contribution in [0.5, 0.6) is 0 Å². The second-order valence-corrected chi connectivity index (χ2v) is 5.49. The molecule has 1 aromatic carbocycles. The van der Waals surface area contributed by atoms with E-state index < -0.39 is 0 Å². The van der Waals surface area contributed by atoms with E-state index in [4.69, 9.17) is 11.6 Å².